The maximum Gasteiger partial charge on any atom is 0.336 e. The molecule has 0 radical (unpaired) electrons. The van der Waals surface area contributed by atoms with Crippen molar-refractivity contribution in [2.75, 3.05) is 35.2 Å². The van der Waals surface area contributed by atoms with Crippen molar-refractivity contribution in [3.8, 4) is 0 Å². The molecule has 0 bridgehead atoms. The maximum atomic E-state index is 12.8. The van der Waals surface area contributed by atoms with Crippen molar-refractivity contribution in [3.63, 3.8) is 0 Å². The number of fused-ring (bicyclic) bond motifs is 1. The number of carbonyl (C=O) groups is 5. The molecule has 0 unspecified atom stereocenters. The van der Waals surface area contributed by atoms with Crippen molar-refractivity contribution in [1.82, 2.24) is 30.6 Å². The van der Waals surface area contributed by atoms with Gasteiger partial charge in [-0.2, -0.15) is 9.97 Å². The second-order valence-electron chi connectivity index (χ2n) is 10.0. The first-order valence-corrected chi connectivity index (χ1v) is 14.0. The highest BCUT2D eigenvalue weighted by Crippen LogP contribution is 2.18. The predicted molar refractivity (Wildman–Crippen MR) is 169 cm³/mol. The average Bonchev–Trinajstić information content (AvgIpc) is 3.05. The van der Waals surface area contributed by atoms with Gasteiger partial charge in [-0.3, -0.25) is 14.4 Å². The summed E-state index contributed by atoms with van der Waals surface area (Å²) in [6.45, 7) is -0.0361. The van der Waals surface area contributed by atoms with E-state index in [1.165, 1.54) is 30.5 Å². The minimum atomic E-state index is -1.39. The number of nitrogens with zero attached hydrogens (tertiary/aromatic N) is 4. The van der Waals surface area contributed by atoms with Gasteiger partial charge in [0.05, 0.1) is 36.1 Å². The maximum absolute atomic E-state index is 12.8. The Labute approximate surface area is 266 Å². The summed E-state index contributed by atoms with van der Waals surface area (Å²) in [6.07, 6.45) is 1.64. The van der Waals surface area contributed by atoms with Crippen LogP contribution < -0.4 is 38.5 Å². The Kier molecular flexibility index (Phi) is 10.7. The Morgan fingerprint density at radius 3 is 2.28 bits per heavy atom. The lowest BCUT2D eigenvalue weighted by molar-refractivity contribution is -0.139. The number of aliphatic carboxylic acids is 1. The van der Waals surface area contributed by atoms with Crippen LogP contribution in [0.2, 0.25) is 0 Å². The SMILES string of the molecule is NCC(=O)Nc1ccc(C(=O)NCCC[C@H](NC(=O)c2ccc(NCc3cnc4nc(N)nc(N)c4n3)cc2)C(=O)O)c(C(=O)O)c1. The largest absolute Gasteiger partial charge is 0.480 e. The van der Waals surface area contributed by atoms with Crippen LogP contribution in [-0.4, -0.2) is 78.9 Å². The molecule has 1 atom stereocenters. The zero-order chi connectivity index (χ0) is 34.1. The van der Waals surface area contributed by atoms with E-state index < -0.39 is 35.7 Å². The second-order valence-corrected chi connectivity index (χ2v) is 10.0. The Morgan fingerprint density at radius 2 is 1.60 bits per heavy atom. The summed E-state index contributed by atoms with van der Waals surface area (Å²) in [6, 6.07) is 8.79. The normalized spacial score (nSPS) is 11.3. The summed E-state index contributed by atoms with van der Waals surface area (Å²) >= 11 is 0. The van der Waals surface area contributed by atoms with E-state index in [4.69, 9.17) is 17.2 Å². The van der Waals surface area contributed by atoms with Gasteiger partial charge in [-0.05, 0) is 55.3 Å². The fourth-order valence-electron chi connectivity index (χ4n) is 4.31. The van der Waals surface area contributed by atoms with Gasteiger partial charge < -0.3 is 48.7 Å². The van der Waals surface area contributed by atoms with Crippen molar-refractivity contribution in [2.24, 2.45) is 5.73 Å². The summed E-state index contributed by atoms with van der Waals surface area (Å²) in [7, 11) is 0. The van der Waals surface area contributed by atoms with Crippen LogP contribution in [0.1, 0.15) is 49.6 Å². The minimum absolute atomic E-state index is 0.00116. The summed E-state index contributed by atoms with van der Waals surface area (Å²) < 4.78 is 0. The van der Waals surface area contributed by atoms with Crippen molar-refractivity contribution >= 4 is 64.0 Å². The van der Waals surface area contributed by atoms with Gasteiger partial charge in [0, 0.05) is 23.5 Å². The quantitative estimate of drug-likeness (QED) is 0.0826. The summed E-state index contributed by atoms with van der Waals surface area (Å²) in [5.74, 6) is -4.41. The minimum Gasteiger partial charge on any atom is -0.480 e. The van der Waals surface area contributed by atoms with Crippen LogP contribution in [0.3, 0.4) is 0 Å². The van der Waals surface area contributed by atoms with E-state index >= 15 is 0 Å². The van der Waals surface area contributed by atoms with Crippen molar-refractivity contribution in [1.29, 1.82) is 0 Å². The lowest BCUT2D eigenvalue weighted by Gasteiger charge is -2.15. The van der Waals surface area contributed by atoms with Gasteiger partial charge in [-0.25, -0.2) is 19.6 Å². The number of carboxylic acids is 2. The molecule has 18 nitrogen and oxygen atoms in total. The molecule has 2 aromatic carbocycles. The number of hydrogen-bond donors (Lipinski definition) is 9. The molecule has 0 spiro atoms. The van der Waals surface area contributed by atoms with E-state index in [-0.39, 0.29) is 72.3 Å². The Morgan fingerprint density at radius 1 is 0.872 bits per heavy atom. The number of hydrogen-bond acceptors (Lipinski definition) is 13. The monoisotopic (exact) mass is 645 g/mol. The molecule has 0 saturated carbocycles. The van der Waals surface area contributed by atoms with E-state index in [0.29, 0.717) is 16.9 Å². The van der Waals surface area contributed by atoms with Crippen molar-refractivity contribution in [2.45, 2.75) is 25.4 Å². The third-order valence-corrected chi connectivity index (χ3v) is 6.64. The van der Waals surface area contributed by atoms with E-state index in [1.807, 2.05) is 0 Å². The fourth-order valence-corrected chi connectivity index (χ4v) is 4.31. The smallest absolute Gasteiger partial charge is 0.336 e. The number of nitrogen functional groups attached to an aromatic ring is 2. The number of carbonyl (C=O) groups excluding carboxylic acids is 3. The lowest BCUT2D eigenvalue weighted by Crippen LogP contribution is -2.41. The van der Waals surface area contributed by atoms with E-state index in [0.717, 1.165) is 6.07 Å². The number of anilines is 4. The number of aromatic nitrogens is 4. The van der Waals surface area contributed by atoms with Gasteiger partial charge in [0.2, 0.25) is 11.9 Å². The highest BCUT2D eigenvalue weighted by molar-refractivity contribution is 6.06. The van der Waals surface area contributed by atoms with Crippen LogP contribution in [0.25, 0.3) is 11.2 Å². The first-order valence-electron chi connectivity index (χ1n) is 14.0. The molecule has 3 amide bonds. The van der Waals surface area contributed by atoms with Gasteiger partial charge in [0.15, 0.2) is 17.0 Å². The third-order valence-electron chi connectivity index (χ3n) is 6.64. The topological polar surface area (TPSA) is 304 Å². The first-order chi connectivity index (χ1) is 22.4. The van der Waals surface area contributed by atoms with Crippen LogP contribution in [0, 0.1) is 0 Å². The van der Waals surface area contributed by atoms with Crippen LogP contribution in [0.4, 0.5) is 23.1 Å². The molecule has 0 aliphatic heterocycles. The second kappa shape index (κ2) is 15.0. The molecular formula is C29H31N11O7. The van der Waals surface area contributed by atoms with Crippen LogP contribution in [-0.2, 0) is 16.1 Å². The number of nitrogens with two attached hydrogens (primary N) is 3. The van der Waals surface area contributed by atoms with Crippen LogP contribution in [0.15, 0.2) is 48.7 Å². The first kappa shape index (κ1) is 33.5. The molecule has 4 rings (SSSR count). The number of nitrogens with one attached hydrogen (secondary N) is 4. The number of rotatable bonds is 14. The van der Waals surface area contributed by atoms with E-state index in [9.17, 15) is 34.2 Å². The zero-order valence-corrected chi connectivity index (χ0v) is 24.7. The molecule has 0 fully saturated rings. The molecule has 244 valence electrons. The molecule has 2 heterocycles. The number of amides is 3. The highest BCUT2D eigenvalue weighted by atomic mass is 16.4. The molecule has 0 aliphatic rings. The van der Waals surface area contributed by atoms with Crippen LogP contribution in [0.5, 0.6) is 0 Å². The molecule has 12 N–H and O–H groups in total. The number of aromatic carboxylic acids is 1. The Hall–Kier alpha value is -6.43. The Bertz CT molecular complexity index is 1830. The summed E-state index contributed by atoms with van der Waals surface area (Å²) in [5.41, 5.74) is 18.3. The van der Waals surface area contributed by atoms with Gasteiger partial charge in [0.1, 0.15) is 6.04 Å². The molecule has 18 heteroatoms. The van der Waals surface area contributed by atoms with Gasteiger partial charge >= 0.3 is 11.9 Å². The van der Waals surface area contributed by atoms with E-state index in [2.05, 4.69) is 41.2 Å². The van der Waals surface area contributed by atoms with Crippen LogP contribution >= 0.6 is 0 Å². The Balaban J connectivity index is 1.27. The molecule has 47 heavy (non-hydrogen) atoms. The highest BCUT2D eigenvalue weighted by Gasteiger charge is 2.22. The van der Waals surface area contributed by atoms with Gasteiger partial charge in [-0.15, -0.1) is 0 Å². The summed E-state index contributed by atoms with van der Waals surface area (Å²) in [4.78, 5) is 76.8. The van der Waals surface area contributed by atoms with E-state index in [1.54, 1.807) is 12.1 Å². The summed E-state index contributed by atoms with van der Waals surface area (Å²) in [5, 5.41) is 29.7. The molecular weight excluding hydrogens is 614 g/mol. The van der Waals surface area contributed by atoms with Crippen molar-refractivity contribution in [3.05, 3.63) is 71.0 Å². The molecule has 0 saturated heterocycles. The number of carboxylic acid groups (broad SMARTS) is 2. The molecule has 0 aliphatic carbocycles. The third kappa shape index (κ3) is 8.82. The number of benzene rings is 2. The molecule has 4 aromatic rings. The van der Waals surface area contributed by atoms with Gasteiger partial charge in [0.25, 0.3) is 11.8 Å². The fraction of sp³-hybridized carbons (Fsp3) is 0.207. The lowest BCUT2D eigenvalue weighted by atomic mass is 10.1. The zero-order valence-electron chi connectivity index (χ0n) is 24.7. The van der Waals surface area contributed by atoms with Crippen molar-refractivity contribution < 1.29 is 34.2 Å². The van der Waals surface area contributed by atoms with Gasteiger partial charge in [-0.1, -0.05) is 0 Å². The average molecular weight is 646 g/mol. The standard InChI is InChI=1S/C29H31N11O7/c30-11-21(41)36-16-7-8-18(19(10-16)27(44)45)26(43)33-9-1-2-20(28(46)47)38-25(42)14-3-5-15(6-4-14)34-12-17-13-35-24-22(37-17)23(31)39-29(32)40-24/h3-8,10,13,20,34H,1-2,9,11-12,30H2,(H,33,43)(H,36,41)(H,38,42)(H,44,45)(H,46,47)(H4,31,32,35,39,40)/t20-/m0/s1. The molecule has 2 aromatic heterocycles. The predicted octanol–water partition coefficient (Wildman–Crippen LogP) is 0.185.